The molecular weight excluding hydrogens is 314 g/mol. The van der Waals surface area contributed by atoms with Gasteiger partial charge in [-0.25, -0.2) is 0 Å². The van der Waals surface area contributed by atoms with Crippen molar-refractivity contribution in [3.05, 3.63) is 33.3 Å². The van der Waals surface area contributed by atoms with Crippen molar-refractivity contribution < 1.29 is 4.74 Å². The van der Waals surface area contributed by atoms with Crippen molar-refractivity contribution in [3.8, 4) is 0 Å². The molecule has 0 spiro atoms. The molecule has 0 heterocycles. The van der Waals surface area contributed by atoms with E-state index in [1.54, 1.807) is 0 Å². The molecule has 0 saturated heterocycles. The van der Waals surface area contributed by atoms with Gasteiger partial charge in [0.2, 0.25) is 0 Å². The molecule has 1 saturated carbocycles. The topological polar surface area (TPSA) is 35.2 Å². The summed E-state index contributed by atoms with van der Waals surface area (Å²) in [7, 11) is 0. The van der Waals surface area contributed by atoms with Gasteiger partial charge in [0.25, 0.3) is 0 Å². The van der Waals surface area contributed by atoms with Gasteiger partial charge in [-0.05, 0) is 43.0 Å². The van der Waals surface area contributed by atoms with Crippen molar-refractivity contribution in [1.82, 2.24) is 0 Å². The van der Waals surface area contributed by atoms with Gasteiger partial charge in [-0.1, -0.05) is 46.4 Å². The fourth-order valence-electron chi connectivity index (χ4n) is 2.50. The van der Waals surface area contributed by atoms with Gasteiger partial charge in [0.05, 0.1) is 12.7 Å². The molecule has 0 aliphatic heterocycles. The lowest BCUT2D eigenvalue weighted by molar-refractivity contribution is -0.0182. The summed E-state index contributed by atoms with van der Waals surface area (Å²) in [6.07, 6.45) is 5.13. The minimum Gasteiger partial charge on any atom is -0.373 e. The number of hydrogen-bond donors (Lipinski definition) is 1. The van der Waals surface area contributed by atoms with Crippen LogP contribution < -0.4 is 5.73 Å². The number of halogens is 2. The Labute approximate surface area is 122 Å². The second kappa shape index (κ2) is 6.90. The molecule has 2 atom stereocenters. The molecule has 1 aromatic carbocycles. The van der Waals surface area contributed by atoms with Crippen molar-refractivity contribution in [1.29, 1.82) is 0 Å². The molecule has 0 amide bonds. The van der Waals surface area contributed by atoms with Crippen LogP contribution in [0.3, 0.4) is 0 Å². The van der Waals surface area contributed by atoms with E-state index >= 15 is 0 Å². The Morgan fingerprint density at radius 1 is 1.33 bits per heavy atom. The van der Waals surface area contributed by atoms with Crippen LogP contribution in [0.15, 0.2) is 22.7 Å². The maximum atomic E-state index is 6.18. The Morgan fingerprint density at radius 2 is 2.11 bits per heavy atom. The summed E-state index contributed by atoms with van der Waals surface area (Å²) < 4.78 is 7.01. The van der Waals surface area contributed by atoms with E-state index in [1.165, 1.54) is 19.3 Å². The van der Waals surface area contributed by atoms with Gasteiger partial charge in [-0.3, -0.25) is 0 Å². The first-order valence-corrected chi connectivity index (χ1v) is 7.63. The molecule has 0 bridgehead atoms. The molecule has 1 aromatic rings. The van der Waals surface area contributed by atoms with E-state index in [0.717, 1.165) is 28.0 Å². The molecule has 18 heavy (non-hydrogen) atoms. The van der Waals surface area contributed by atoms with Crippen molar-refractivity contribution >= 4 is 27.5 Å². The lowest BCUT2D eigenvalue weighted by Gasteiger charge is -2.30. The Kier molecular flexibility index (Phi) is 5.49. The van der Waals surface area contributed by atoms with Gasteiger partial charge in [-0.2, -0.15) is 0 Å². The van der Waals surface area contributed by atoms with Crippen molar-refractivity contribution in [2.75, 3.05) is 6.54 Å². The van der Waals surface area contributed by atoms with Crippen LogP contribution in [0.1, 0.15) is 31.2 Å². The first-order chi connectivity index (χ1) is 8.70. The second-order valence-corrected chi connectivity index (χ2v) is 6.19. The van der Waals surface area contributed by atoms with Gasteiger partial charge in [-0.15, -0.1) is 0 Å². The van der Waals surface area contributed by atoms with Crippen LogP contribution in [-0.4, -0.2) is 12.6 Å². The minimum atomic E-state index is 0.295. The number of rotatable bonds is 4. The molecule has 2 nitrogen and oxygen atoms in total. The number of hydrogen-bond acceptors (Lipinski definition) is 2. The monoisotopic (exact) mass is 331 g/mol. The standard InChI is InChI=1S/C14H19BrClNO/c15-12-6-5-11(13(16)7-12)9-18-14-4-2-1-3-10(14)8-17/h5-7,10,14H,1-4,8-9,17H2. The third-order valence-corrected chi connectivity index (χ3v) is 4.46. The largest absolute Gasteiger partial charge is 0.373 e. The summed E-state index contributed by atoms with van der Waals surface area (Å²) in [5.74, 6) is 0.507. The van der Waals surface area contributed by atoms with Gasteiger partial charge < -0.3 is 10.5 Å². The van der Waals surface area contributed by atoms with Crippen LogP contribution in [0.25, 0.3) is 0 Å². The van der Waals surface area contributed by atoms with Crippen LogP contribution in [-0.2, 0) is 11.3 Å². The third-order valence-electron chi connectivity index (χ3n) is 3.61. The lowest BCUT2D eigenvalue weighted by Crippen LogP contribution is -2.33. The van der Waals surface area contributed by atoms with Gasteiger partial charge in [0.1, 0.15) is 0 Å². The summed E-state index contributed by atoms with van der Waals surface area (Å²) in [5.41, 5.74) is 6.84. The highest BCUT2D eigenvalue weighted by atomic mass is 79.9. The van der Waals surface area contributed by atoms with Crippen LogP contribution in [0.2, 0.25) is 5.02 Å². The average molecular weight is 333 g/mol. The highest BCUT2D eigenvalue weighted by Crippen LogP contribution is 2.28. The fraction of sp³-hybridized carbons (Fsp3) is 0.571. The molecule has 0 radical (unpaired) electrons. The Hall–Kier alpha value is -0.0900. The zero-order valence-electron chi connectivity index (χ0n) is 10.4. The highest BCUT2D eigenvalue weighted by molar-refractivity contribution is 9.10. The van der Waals surface area contributed by atoms with Crippen molar-refractivity contribution in [3.63, 3.8) is 0 Å². The number of benzene rings is 1. The predicted octanol–water partition coefficient (Wildman–Crippen LogP) is 4.14. The van der Waals surface area contributed by atoms with E-state index in [2.05, 4.69) is 15.9 Å². The summed E-state index contributed by atoms with van der Waals surface area (Å²) in [5, 5.41) is 0.754. The molecule has 0 aromatic heterocycles. The predicted molar refractivity (Wildman–Crippen MR) is 78.7 cm³/mol. The molecule has 1 aliphatic rings. The zero-order chi connectivity index (χ0) is 13.0. The smallest absolute Gasteiger partial charge is 0.0735 e. The van der Waals surface area contributed by atoms with E-state index < -0.39 is 0 Å². The van der Waals surface area contributed by atoms with Crippen LogP contribution in [0.4, 0.5) is 0 Å². The molecule has 4 heteroatoms. The van der Waals surface area contributed by atoms with Crippen LogP contribution >= 0.6 is 27.5 Å². The maximum Gasteiger partial charge on any atom is 0.0735 e. The van der Waals surface area contributed by atoms with Crippen molar-refractivity contribution in [2.45, 2.75) is 38.4 Å². The molecular formula is C14H19BrClNO. The quantitative estimate of drug-likeness (QED) is 0.899. The normalized spacial score (nSPS) is 24.2. The second-order valence-electron chi connectivity index (χ2n) is 4.87. The molecule has 100 valence electrons. The van der Waals surface area contributed by atoms with Gasteiger partial charge in [0.15, 0.2) is 0 Å². The maximum absolute atomic E-state index is 6.18. The summed E-state index contributed by atoms with van der Waals surface area (Å²) in [4.78, 5) is 0. The first kappa shape index (κ1) is 14.3. The molecule has 1 aliphatic carbocycles. The molecule has 2 N–H and O–H groups in total. The van der Waals surface area contributed by atoms with Crippen LogP contribution in [0.5, 0.6) is 0 Å². The van der Waals surface area contributed by atoms with E-state index in [9.17, 15) is 0 Å². The zero-order valence-corrected chi connectivity index (χ0v) is 12.7. The Balaban J connectivity index is 1.93. The van der Waals surface area contributed by atoms with E-state index in [1.807, 2.05) is 18.2 Å². The minimum absolute atomic E-state index is 0.295. The highest BCUT2D eigenvalue weighted by Gasteiger charge is 2.24. The first-order valence-electron chi connectivity index (χ1n) is 6.46. The van der Waals surface area contributed by atoms with E-state index in [4.69, 9.17) is 22.1 Å². The Bertz CT molecular complexity index is 399. The molecule has 2 rings (SSSR count). The van der Waals surface area contributed by atoms with Crippen molar-refractivity contribution in [2.24, 2.45) is 11.7 Å². The number of ether oxygens (including phenoxy) is 1. The summed E-state index contributed by atoms with van der Waals surface area (Å²) in [6, 6.07) is 5.90. The van der Waals surface area contributed by atoms with Gasteiger partial charge >= 0.3 is 0 Å². The molecule has 1 fully saturated rings. The third kappa shape index (κ3) is 3.70. The lowest BCUT2D eigenvalue weighted by atomic mass is 9.86. The van der Waals surface area contributed by atoms with Gasteiger partial charge in [0, 0.05) is 9.50 Å². The fourth-order valence-corrected chi connectivity index (χ4v) is 3.23. The molecule has 2 unspecified atom stereocenters. The summed E-state index contributed by atoms with van der Waals surface area (Å²) >= 11 is 9.59. The SMILES string of the molecule is NCC1CCCCC1OCc1ccc(Br)cc1Cl. The summed E-state index contributed by atoms with van der Waals surface area (Å²) in [6.45, 7) is 1.30. The average Bonchev–Trinajstić information content (AvgIpc) is 2.38. The van der Waals surface area contributed by atoms with Crippen LogP contribution in [0, 0.1) is 5.92 Å². The van der Waals surface area contributed by atoms with E-state index in [0.29, 0.717) is 18.6 Å². The Morgan fingerprint density at radius 3 is 2.83 bits per heavy atom. The van der Waals surface area contributed by atoms with E-state index in [-0.39, 0.29) is 0 Å². The number of nitrogens with two attached hydrogens (primary N) is 1.